The van der Waals surface area contributed by atoms with E-state index in [9.17, 15) is 19.2 Å². The molecular formula is C35H34N4O4S4. The van der Waals surface area contributed by atoms with Gasteiger partial charge >= 0.3 is 0 Å². The van der Waals surface area contributed by atoms with Crippen LogP contribution in [-0.4, -0.2) is 91.1 Å². The molecule has 3 heterocycles. The number of piperazine rings is 1. The van der Waals surface area contributed by atoms with E-state index in [0.29, 0.717) is 64.0 Å². The van der Waals surface area contributed by atoms with Crippen LogP contribution < -0.4 is 0 Å². The molecule has 2 aromatic rings. The molecule has 0 saturated carbocycles. The van der Waals surface area contributed by atoms with Gasteiger partial charge in [0.1, 0.15) is 8.64 Å². The quantitative estimate of drug-likeness (QED) is 0.217. The van der Waals surface area contributed by atoms with Crippen molar-refractivity contribution >= 4 is 92.4 Å². The molecular weight excluding hydrogens is 669 g/mol. The van der Waals surface area contributed by atoms with Crippen molar-refractivity contribution < 1.29 is 19.2 Å². The molecule has 3 aliphatic heterocycles. The zero-order valence-electron chi connectivity index (χ0n) is 25.7. The highest BCUT2D eigenvalue weighted by molar-refractivity contribution is 8.27. The first-order valence-corrected chi connectivity index (χ1v) is 17.7. The zero-order chi connectivity index (χ0) is 33.2. The number of carbonyl (C=O) groups excluding carboxylic acids is 4. The molecule has 0 radical (unpaired) electrons. The summed E-state index contributed by atoms with van der Waals surface area (Å²) in [6.45, 7) is 2.35. The van der Waals surface area contributed by atoms with E-state index in [4.69, 9.17) is 24.4 Å². The molecule has 242 valence electrons. The molecule has 3 fully saturated rings. The summed E-state index contributed by atoms with van der Waals surface area (Å²) in [6.07, 6.45) is 12.0. The fourth-order valence-corrected chi connectivity index (χ4v) is 7.67. The summed E-state index contributed by atoms with van der Waals surface area (Å²) >= 11 is 13.3. The first kappa shape index (κ1) is 34.5. The molecule has 3 aliphatic rings. The second-order valence-corrected chi connectivity index (χ2v) is 14.2. The average Bonchev–Trinajstić information content (AvgIpc) is 3.52. The number of allylic oxidation sites excluding steroid dienone is 4. The van der Waals surface area contributed by atoms with Crippen LogP contribution in [0.4, 0.5) is 0 Å². The lowest BCUT2D eigenvalue weighted by Crippen LogP contribution is -2.51. The van der Waals surface area contributed by atoms with Gasteiger partial charge in [0.25, 0.3) is 11.8 Å². The maximum Gasteiger partial charge on any atom is 0.266 e. The van der Waals surface area contributed by atoms with Gasteiger partial charge in [0.15, 0.2) is 0 Å². The van der Waals surface area contributed by atoms with Crippen LogP contribution in [0, 0.1) is 0 Å². The lowest BCUT2D eigenvalue weighted by atomic mass is 10.2. The molecule has 0 unspecified atom stereocenters. The number of amides is 4. The highest BCUT2D eigenvalue weighted by Gasteiger charge is 2.33. The Morgan fingerprint density at radius 3 is 1.53 bits per heavy atom. The summed E-state index contributed by atoms with van der Waals surface area (Å²) in [6, 6.07) is 19.6. The predicted molar refractivity (Wildman–Crippen MR) is 198 cm³/mol. The van der Waals surface area contributed by atoms with Gasteiger partial charge in [-0.3, -0.25) is 29.0 Å². The highest BCUT2D eigenvalue weighted by Crippen LogP contribution is 2.32. The van der Waals surface area contributed by atoms with E-state index >= 15 is 0 Å². The van der Waals surface area contributed by atoms with Gasteiger partial charge in [-0.25, -0.2) is 0 Å². The number of carbonyl (C=O) groups is 4. The largest absolute Gasteiger partial charge is 0.339 e. The second kappa shape index (κ2) is 16.8. The molecule has 47 heavy (non-hydrogen) atoms. The average molecular weight is 703 g/mol. The SMILES string of the molecule is O=C(CCCN1C(=O)/C(=C/C=C/c2ccccc2)SC1=S)N1CCN(C(=O)CCN2C(=O)/C(=C\C=C\c3ccccc3)SC2=S)CC1. The lowest BCUT2D eigenvalue weighted by molar-refractivity contribution is -0.140. The standard InChI is InChI=1S/C35H34N4O4S4/c40-30(18-9-20-38-32(42)28(46-34(38)44)16-7-14-26-10-3-1-4-11-26)36-22-24-37(25-23-36)31(41)19-21-39-33(43)29(47-35(39)45)17-8-15-27-12-5-2-6-13-27/h1-8,10-17H,9,18-25H2/b14-7+,15-8+,28-16-,29-17+. The molecule has 5 rings (SSSR count). The van der Waals surface area contributed by atoms with E-state index < -0.39 is 0 Å². The van der Waals surface area contributed by atoms with E-state index in [-0.39, 0.29) is 36.6 Å². The van der Waals surface area contributed by atoms with E-state index in [1.807, 2.05) is 85.0 Å². The maximum absolute atomic E-state index is 12.9. The van der Waals surface area contributed by atoms with Crippen molar-refractivity contribution in [2.45, 2.75) is 19.3 Å². The Balaban J connectivity index is 1.01. The third kappa shape index (κ3) is 9.38. The molecule has 0 N–H and O–H groups in total. The van der Waals surface area contributed by atoms with E-state index in [0.717, 1.165) is 11.1 Å². The molecule has 2 aromatic carbocycles. The molecule has 0 bridgehead atoms. The molecule has 0 aromatic heterocycles. The van der Waals surface area contributed by atoms with Crippen LogP contribution in [0.1, 0.15) is 30.4 Å². The number of hydrogen-bond acceptors (Lipinski definition) is 8. The van der Waals surface area contributed by atoms with Crippen LogP contribution >= 0.6 is 48.0 Å². The van der Waals surface area contributed by atoms with Crippen molar-refractivity contribution in [1.29, 1.82) is 0 Å². The van der Waals surface area contributed by atoms with Crippen LogP contribution in [0.5, 0.6) is 0 Å². The van der Waals surface area contributed by atoms with Gasteiger partial charge < -0.3 is 9.80 Å². The zero-order valence-corrected chi connectivity index (χ0v) is 28.9. The lowest BCUT2D eigenvalue weighted by Gasteiger charge is -2.35. The summed E-state index contributed by atoms with van der Waals surface area (Å²) < 4.78 is 0.941. The topological polar surface area (TPSA) is 81.2 Å². The van der Waals surface area contributed by atoms with Gasteiger partial charge in [0.2, 0.25) is 11.8 Å². The van der Waals surface area contributed by atoms with Crippen molar-refractivity contribution in [3.05, 3.63) is 106 Å². The van der Waals surface area contributed by atoms with Gasteiger partial charge in [-0.15, -0.1) is 0 Å². The summed E-state index contributed by atoms with van der Waals surface area (Å²) in [5.74, 6) is -0.405. The fourth-order valence-electron chi connectivity index (χ4n) is 5.15. The number of nitrogens with zero attached hydrogens (tertiary/aromatic N) is 4. The summed E-state index contributed by atoms with van der Waals surface area (Å²) in [4.78, 5) is 59.2. The molecule has 3 saturated heterocycles. The maximum atomic E-state index is 12.9. The van der Waals surface area contributed by atoms with Crippen molar-refractivity contribution in [3.8, 4) is 0 Å². The van der Waals surface area contributed by atoms with Crippen LogP contribution in [0.15, 0.2) is 94.8 Å². The monoisotopic (exact) mass is 702 g/mol. The molecule has 0 aliphatic carbocycles. The van der Waals surface area contributed by atoms with E-state index in [1.165, 1.54) is 28.4 Å². The molecule has 12 heteroatoms. The third-order valence-corrected chi connectivity index (χ3v) is 10.5. The second-order valence-electron chi connectivity index (χ2n) is 10.9. The number of hydrogen-bond donors (Lipinski definition) is 0. The van der Waals surface area contributed by atoms with Crippen LogP contribution in [0.25, 0.3) is 12.2 Å². The van der Waals surface area contributed by atoms with Gasteiger partial charge in [0.05, 0.1) is 9.81 Å². The van der Waals surface area contributed by atoms with Crippen molar-refractivity contribution in [3.63, 3.8) is 0 Å². The van der Waals surface area contributed by atoms with Gasteiger partial charge in [-0.1, -0.05) is 133 Å². The normalized spacial score (nSPS) is 19.1. The van der Waals surface area contributed by atoms with Gasteiger partial charge in [-0.2, -0.15) is 0 Å². The van der Waals surface area contributed by atoms with Crippen LogP contribution in [0.2, 0.25) is 0 Å². The molecule has 0 atom stereocenters. The van der Waals surface area contributed by atoms with Gasteiger partial charge in [-0.05, 0) is 29.7 Å². The first-order valence-electron chi connectivity index (χ1n) is 15.3. The minimum atomic E-state index is -0.192. The third-order valence-electron chi connectivity index (χ3n) is 7.73. The Morgan fingerprint density at radius 1 is 0.638 bits per heavy atom. The number of thiocarbonyl (C=S) groups is 2. The summed E-state index contributed by atoms with van der Waals surface area (Å²) in [5.41, 5.74) is 2.07. The Hall–Kier alpha value is -3.84. The molecule has 0 spiro atoms. The van der Waals surface area contributed by atoms with Crippen molar-refractivity contribution in [2.24, 2.45) is 0 Å². The smallest absolute Gasteiger partial charge is 0.266 e. The molecule has 4 amide bonds. The highest BCUT2D eigenvalue weighted by atomic mass is 32.2. The number of benzene rings is 2. The predicted octanol–water partition coefficient (Wildman–Crippen LogP) is 5.74. The number of rotatable bonds is 11. The summed E-state index contributed by atoms with van der Waals surface area (Å²) in [5, 5.41) is 0. The minimum absolute atomic E-state index is 0.00505. The van der Waals surface area contributed by atoms with E-state index in [1.54, 1.807) is 26.9 Å². The Kier molecular flexibility index (Phi) is 12.3. The number of thioether (sulfide) groups is 2. The van der Waals surface area contributed by atoms with Crippen LogP contribution in [0.3, 0.4) is 0 Å². The van der Waals surface area contributed by atoms with Crippen molar-refractivity contribution in [2.75, 3.05) is 39.3 Å². The molecule has 8 nitrogen and oxygen atoms in total. The first-order chi connectivity index (χ1) is 22.8. The Morgan fingerprint density at radius 2 is 1.06 bits per heavy atom. The van der Waals surface area contributed by atoms with Crippen LogP contribution in [-0.2, 0) is 19.2 Å². The fraction of sp³-hybridized carbons (Fsp3) is 0.257. The van der Waals surface area contributed by atoms with E-state index in [2.05, 4.69) is 0 Å². The summed E-state index contributed by atoms with van der Waals surface area (Å²) in [7, 11) is 0. The Labute approximate surface area is 294 Å². The van der Waals surface area contributed by atoms with Crippen molar-refractivity contribution in [1.82, 2.24) is 19.6 Å². The minimum Gasteiger partial charge on any atom is -0.339 e. The Bertz CT molecular complexity index is 1650. The van der Waals surface area contributed by atoms with Gasteiger partial charge in [0, 0.05) is 52.1 Å².